The maximum Gasteiger partial charge on any atom is 0.253 e. The van der Waals surface area contributed by atoms with Gasteiger partial charge in [0.05, 0.1) is 0 Å². The maximum absolute atomic E-state index is 12.8. The zero-order valence-corrected chi connectivity index (χ0v) is 11.2. The molecule has 0 heterocycles. The van der Waals surface area contributed by atoms with Crippen molar-refractivity contribution >= 4 is 17.5 Å². The highest BCUT2D eigenvalue weighted by atomic mass is 35.5. The molecule has 0 aliphatic heterocycles. The number of hydrogen-bond acceptors (Lipinski definition) is 1. The van der Waals surface area contributed by atoms with Crippen LogP contribution in [0.3, 0.4) is 0 Å². The fourth-order valence-corrected chi connectivity index (χ4v) is 1.87. The van der Waals surface area contributed by atoms with E-state index in [1.165, 1.54) is 24.3 Å². The number of carbonyl (C=O) groups is 1. The summed E-state index contributed by atoms with van der Waals surface area (Å²) in [6, 6.07) is 12.8. The molecule has 4 heteroatoms. The molecule has 0 spiro atoms. The van der Waals surface area contributed by atoms with Crippen LogP contribution in [0.25, 0.3) is 0 Å². The molecule has 98 valence electrons. The van der Waals surface area contributed by atoms with Gasteiger partial charge in [0, 0.05) is 24.2 Å². The molecule has 0 aliphatic carbocycles. The smallest absolute Gasteiger partial charge is 0.253 e. The molecule has 0 saturated carbocycles. The van der Waals surface area contributed by atoms with Crippen molar-refractivity contribution in [3.63, 3.8) is 0 Å². The van der Waals surface area contributed by atoms with Crippen molar-refractivity contribution in [2.75, 3.05) is 7.05 Å². The summed E-state index contributed by atoms with van der Waals surface area (Å²) in [5.74, 6) is -0.494. The van der Waals surface area contributed by atoms with Crippen LogP contribution >= 0.6 is 11.6 Å². The maximum atomic E-state index is 12.8. The van der Waals surface area contributed by atoms with Crippen molar-refractivity contribution in [2.45, 2.75) is 6.54 Å². The molecule has 0 radical (unpaired) electrons. The second-order valence-electron chi connectivity index (χ2n) is 4.29. The Morgan fingerprint density at radius 2 is 1.68 bits per heavy atom. The Hall–Kier alpha value is -1.87. The van der Waals surface area contributed by atoms with Crippen molar-refractivity contribution in [3.05, 3.63) is 70.5 Å². The normalized spacial score (nSPS) is 10.3. The Bertz CT molecular complexity index is 566. The third kappa shape index (κ3) is 3.55. The average Bonchev–Trinajstić information content (AvgIpc) is 2.41. The Balaban J connectivity index is 2.07. The van der Waals surface area contributed by atoms with E-state index in [1.54, 1.807) is 24.1 Å². The molecule has 0 saturated heterocycles. The molecule has 1 amide bonds. The van der Waals surface area contributed by atoms with Gasteiger partial charge in [-0.1, -0.05) is 23.7 Å². The first-order chi connectivity index (χ1) is 9.06. The molecule has 0 aliphatic rings. The van der Waals surface area contributed by atoms with Crippen LogP contribution < -0.4 is 0 Å². The summed E-state index contributed by atoms with van der Waals surface area (Å²) in [5, 5.41) is 0.663. The second-order valence-corrected chi connectivity index (χ2v) is 4.73. The van der Waals surface area contributed by atoms with Gasteiger partial charge in [-0.25, -0.2) is 4.39 Å². The largest absolute Gasteiger partial charge is 0.337 e. The highest BCUT2D eigenvalue weighted by Crippen LogP contribution is 2.13. The Labute approximate surface area is 116 Å². The Kier molecular flexibility index (Phi) is 4.17. The lowest BCUT2D eigenvalue weighted by molar-refractivity contribution is 0.0785. The molecule has 0 aromatic heterocycles. The van der Waals surface area contributed by atoms with Crippen molar-refractivity contribution in [1.82, 2.24) is 4.90 Å². The molecule has 0 unspecified atom stereocenters. The summed E-state index contributed by atoms with van der Waals surface area (Å²) in [6.45, 7) is 0.480. The number of carbonyl (C=O) groups excluding carboxylic acids is 1. The minimum Gasteiger partial charge on any atom is -0.337 e. The lowest BCUT2D eigenvalue weighted by atomic mass is 10.1. The van der Waals surface area contributed by atoms with Gasteiger partial charge >= 0.3 is 0 Å². The van der Waals surface area contributed by atoms with Crippen LogP contribution in [0, 0.1) is 5.82 Å². The first-order valence-electron chi connectivity index (χ1n) is 5.82. The van der Waals surface area contributed by atoms with Gasteiger partial charge in [0.15, 0.2) is 0 Å². The van der Waals surface area contributed by atoms with Gasteiger partial charge in [0.25, 0.3) is 5.91 Å². The van der Waals surface area contributed by atoms with Gasteiger partial charge in [-0.15, -0.1) is 0 Å². The predicted molar refractivity (Wildman–Crippen MR) is 73.6 cm³/mol. The van der Waals surface area contributed by atoms with E-state index in [-0.39, 0.29) is 11.7 Å². The Morgan fingerprint density at radius 3 is 2.26 bits per heavy atom. The molecule has 2 aromatic rings. The molecule has 2 nitrogen and oxygen atoms in total. The van der Waals surface area contributed by atoms with Crippen LogP contribution in [0.5, 0.6) is 0 Å². The van der Waals surface area contributed by atoms with Gasteiger partial charge in [-0.05, 0) is 42.0 Å². The number of nitrogens with zero attached hydrogens (tertiary/aromatic N) is 1. The van der Waals surface area contributed by atoms with E-state index < -0.39 is 0 Å². The Morgan fingerprint density at radius 1 is 1.11 bits per heavy atom. The van der Waals surface area contributed by atoms with Gasteiger partial charge in [0.2, 0.25) is 0 Å². The number of rotatable bonds is 3. The quantitative estimate of drug-likeness (QED) is 0.837. The molecule has 0 fully saturated rings. The van der Waals surface area contributed by atoms with E-state index >= 15 is 0 Å². The van der Waals surface area contributed by atoms with Gasteiger partial charge < -0.3 is 4.90 Å². The topological polar surface area (TPSA) is 20.3 Å². The summed E-state index contributed by atoms with van der Waals surface area (Å²) in [4.78, 5) is 13.7. The summed E-state index contributed by atoms with van der Waals surface area (Å²) in [5.41, 5.74) is 1.46. The van der Waals surface area contributed by atoms with Crippen molar-refractivity contribution in [2.24, 2.45) is 0 Å². The van der Waals surface area contributed by atoms with Crippen LogP contribution in [0.2, 0.25) is 5.02 Å². The highest BCUT2D eigenvalue weighted by molar-refractivity contribution is 6.30. The lowest BCUT2D eigenvalue weighted by Gasteiger charge is -2.17. The zero-order chi connectivity index (χ0) is 13.8. The number of benzene rings is 2. The van der Waals surface area contributed by atoms with Crippen LogP contribution in [-0.2, 0) is 6.54 Å². The standard InChI is InChI=1S/C15H13ClFNO/c1-18(10-11-2-6-13(16)7-3-11)15(19)12-4-8-14(17)9-5-12/h2-9H,10H2,1H3. The van der Waals surface area contributed by atoms with E-state index in [4.69, 9.17) is 11.6 Å². The molecule has 19 heavy (non-hydrogen) atoms. The SMILES string of the molecule is CN(Cc1ccc(Cl)cc1)C(=O)c1ccc(F)cc1. The molecular weight excluding hydrogens is 265 g/mol. The summed E-state index contributed by atoms with van der Waals surface area (Å²) in [7, 11) is 1.71. The first kappa shape index (κ1) is 13.6. The first-order valence-corrected chi connectivity index (χ1v) is 6.19. The number of hydrogen-bond donors (Lipinski definition) is 0. The number of amides is 1. The molecule has 2 aromatic carbocycles. The van der Waals surface area contributed by atoms with Gasteiger partial charge in [-0.3, -0.25) is 4.79 Å². The van der Waals surface area contributed by atoms with Crippen LogP contribution in [0.15, 0.2) is 48.5 Å². The van der Waals surface area contributed by atoms with Crippen LogP contribution in [0.4, 0.5) is 4.39 Å². The van der Waals surface area contributed by atoms with Crippen molar-refractivity contribution in [1.29, 1.82) is 0 Å². The lowest BCUT2D eigenvalue weighted by Crippen LogP contribution is -2.26. The second kappa shape index (κ2) is 5.85. The summed E-state index contributed by atoms with van der Waals surface area (Å²) < 4.78 is 12.8. The third-order valence-electron chi connectivity index (χ3n) is 2.77. The average molecular weight is 278 g/mol. The fourth-order valence-electron chi connectivity index (χ4n) is 1.75. The van der Waals surface area contributed by atoms with E-state index in [2.05, 4.69) is 0 Å². The predicted octanol–water partition coefficient (Wildman–Crippen LogP) is 3.75. The minimum absolute atomic E-state index is 0.144. The van der Waals surface area contributed by atoms with Gasteiger partial charge in [0.1, 0.15) is 5.82 Å². The van der Waals surface area contributed by atoms with Crippen molar-refractivity contribution < 1.29 is 9.18 Å². The molecule has 0 bridgehead atoms. The van der Waals surface area contributed by atoms with Crippen molar-refractivity contribution in [3.8, 4) is 0 Å². The molecular formula is C15H13ClFNO. The molecule has 2 rings (SSSR count). The minimum atomic E-state index is -0.350. The van der Waals surface area contributed by atoms with E-state index in [0.29, 0.717) is 17.1 Å². The third-order valence-corrected chi connectivity index (χ3v) is 3.02. The van der Waals surface area contributed by atoms with Crippen LogP contribution in [0.1, 0.15) is 15.9 Å². The molecule has 0 atom stereocenters. The van der Waals surface area contributed by atoms with Crippen LogP contribution in [-0.4, -0.2) is 17.9 Å². The highest BCUT2D eigenvalue weighted by Gasteiger charge is 2.11. The summed E-state index contributed by atoms with van der Waals surface area (Å²) >= 11 is 5.81. The van der Waals surface area contributed by atoms with E-state index in [0.717, 1.165) is 5.56 Å². The zero-order valence-electron chi connectivity index (χ0n) is 10.4. The van der Waals surface area contributed by atoms with Gasteiger partial charge in [-0.2, -0.15) is 0 Å². The monoisotopic (exact) mass is 277 g/mol. The van der Waals surface area contributed by atoms with E-state index in [9.17, 15) is 9.18 Å². The number of halogens is 2. The fraction of sp³-hybridized carbons (Fsp3) is 0.133. The van der Waals surface area contributed by atoms with E-state index in [1.807, 2.05) is 12.1 Å². The molecule has 0 N–H and O–H groups in total. The summed E-state index contributed by atoms with van der Waals surface area (Å²) in [6.07, 6.45) is 0.